The van der Waals surface area contributed by atoms with Crippen LogP contribution in [0.15, 0.2) is 35.1 Å². The van der Waals surface area contributed by atoms with Crippen molar-refractivity contribution < 1.29 is 28.1 Å². The molecule has 0 radical (unpaired) electrons. The van der Waals surface area contributed by atoms with Crippen molar-refractivity contribution in [2.24, 2.45) is 0 Å². The number of halogens is 2. The molecule has 0 aliphatic carbocycles. The Morgan fingerprint density at radius 1 is 1.13 bits per heavy atom. The van der Waals surface area contributed by atoms with Crippen LogP contribution in [0.3, 0.4) is 0 Å². The molecule has 0 bridgehead atoms. The van der Waals surface area contributed by atoms with Gasteiger partial charge in [-0.05, 0) is 12.1 Å². The fourth-order valence-corrected chi connectivity index (χ4v) is 3.93. The molecule has 4 rings (SSSR count). The molecule has 2 aromatic carbocycles. The topological polar surface area (TPSA) is 130 Å². The zero-order valence-corrected chi connectivity index (χ0v) is 21.8. The molecule has 0 saturated carbocycles. The van der Waals surface area contributed by atoms with E-state index >= 15 is 0 Å². The number of hydrogen-bond acceptors (Lipinski definition) is 8. The van der Waals surface area contributed by atoms with Gasteiger partial charge in [0.25, 0.3) is 5.91 Å². The van der Waals surface area contributed by atoms with E-state index in [9.17, 15) is 14.0 Å². The minimum absolute atomic E-state index is 0.0941. The Hall–Kier alpha value is -4.32. The van der Waals surface area contributed by atoms with Crippen LogP contribution in [0.5, 0.6) is 23.1 Å². The molecule has 2 aromatic heterocycles. The lowest BCUT2D eigenvalue weighted by Gasteiger charge is -2.17. The van der Waals surface area contributed by atoms with Gasteiger partial charge < -0.3 is 24.3 Å². The van der Waals surface area contributed by atoms with E-state index in [-0.39, 0.29) is 63.8 Å². The average Bonchev–Trinajstić information content (AvgIpc) is 3.26. The number of likely N-dealkylation sites (N-methyl/N-ethyl adjacent to an activating group) is 1. The molecule has 2 heterocycles. The number of amides is 1. The molecule has 0 atom stereocenters. The highest BCUT2D eigenvalue weighted by Gasteiger charge is 2.22. The zero-order chi connectivity index (χ0) is 27.4. The van der Waals surface area contributed by atoms with E-state index < -0.39 is 17.4 Å². The van der Waals surface area contributed by atoms with E-state index in [1.54, 1.807) is 6.07 Å². The van der Waals surface area contributed by atoms with Gasteiger partial charge in [-0.15, -0.1) is 0 Å². The first kappa shape index (κ1) is 26.7. The maximum absolute atomic E-state index is 14.5. The molecule has 200 valence electrons. The first-order valence-corrected chi connectivity index (χ1v) is 11.9. The maximum atomic E-state index is 14.5. The highest BCUT2D eigenvalue weighted by atomic mass is 35.5. The lowest BCUT2D eigenvalue weighted by Crippen LogP contribution is -2.25. The first-order chi connectivity index (χ1) is 18.3. The summed E-state index contributed by atoms with van der Waals surface area (Å²) in [5.41, 5.74) is 0.334. The molecule has 2 N–H and O–H groups in total. The minimum atomic E-state index is -0.552. The van der Waals surface area contributed by atoms with Gasteiger partial charge in [0.05, 0.1) is 30.5 Å². The molecule has 0 saturated heterocycles. The average molecular weight is 546 g/mol. The van der Waals surface area contributed by atoms with Gasteiger partial charge in [-0.3, -0.25) is 9.78 Å². The molecule has 0 spiro atoms. The van der Waals surface area contributed by atoms with E-state index in [0.29, 0.717) is 12.2 Å². The minimum Gasteiger partial charge on any atom is -0.496 e. The van der Waals surface area contributed by atoms with Gasteiger partial charge in [0.1, 0.15) is 29.5 Å². The van der Waals surface area contributed by atoms with Crippen LogP contribution in [0.1, 0.15) is 18.3 Å². The molecule has 0 fully saturated rings. The molecule has 0 unspecified atom stereocenters. The first-order valence-electron chi connectivity index (χ1n) is 11.5. The van der Waals surface area contributed by atoms with Crippen molar-refractivity contribution in [2.45, 2.75) is 20.0 Å². The number of benzene rings is 2. The number of nitrogens with zero attached hydrogens (tertiary/aromatic N) is 3. The van der Waals surface area contributed by atoms with Crippen LogP contribution < -0.4 is 30.0 Å². The third-order valence-corrected chi connectivity index (χ3v) is 5.92. The molecule has 4 aromatic rings. The predicted octanol–water partition coefficient (Wildman–Crippen LogP) is 3.18. The molecule has 13 heteroatoms. The lowest BCUT2D eigenvalue weighted by atomic mass is 10.2. The highest BCUT2D eigenvalue weighted by Crippen LogP contribution is 2.37. The van der Waals surface area contributed by atoms with E-state index in [4.69, 9.17) is 30.5 Å². The Bertz CT molecular complexity index is 1550. The van der Waals surface area contributed by atoms with Gasteiger partial charge in [-0.2, -0.15) is 4.98 Å². The van der Waals surface area contributed by atoms with Crippen LogP contribution in [-0.2, 0) is 17.8 Å². The van der Waals surface area contributed by atoms with Crippen LogP contribution in [0.4, 0.5) is 4.39 Å². The summed E-state index contributed by atoms with van der Waals surface area (Å²) in [5, 5.41) is 2.56. The predicted molar refractivity (Wildman–Crippen MR) is 137 cm³/mol. The third-order valence-electron chi connectivity index (χ3n) is 5.62. The second kappa shape index (κ2) is 11.4. The molecule has 0 aliphatic heterocycles. The van der Waals surface area contributed by atoms with Crippen LogP contribution >= 0.6 is 11.6 Å². The number of hydrogen-bond donors (Lipinski definition) is 2. The van der Waals surface area contributed by atoms with Gasteiger partial charge in [0.15, 0.2) is 23.8 Å². The molecule has 11 nitrogen and oxygen atoms in total. The summed E-state index contributed by atoms with van der Waals surface area (Å²) in [6.45, 7) is 1.29. The maximum Gasteiger partial charge on any atom is 0.332 e. The summed E-state index contributed by atoms with van der Waals surface area (Å²) in [6.07, 6.45) is 0.491. The highest BCUT2D eigenvalue weighted by molar-refractivity contribution is 6.32. The Morgan fingerprint density at radius 3 is 2.58 bits per heavy atom. The lowest BCUT2D eigenvalue weighted by molar-refractivity contribution is -0.122. The summed E-state index contributed by atoms with van der Waals surface area (Å²) >= 11 is 6.59. The van der Waals surface area contributed by atoms with Crippen LogP contribution in [0, 0.1) is 5.82 Å². The third kappa shape index (κ3) is 5.21. The number of aromatic nitrogens is 4. The Morgan fingerprint density at radius 2 is 1.89 bits per heavy atom. The number of carbonyl (C=O) groups is 1. The van der Waals surface area contributed by atoms with Gasteiger partial charge >= 0.3 is 5.69 Å². The number of carbonyl (C=O) groups excluding carboxylic acids is 1. The normalized spacial score (nSPS) is 10.9. The molecule has 1 amide bonds. The van der Waals surface area contributed by atoms with Crippen molar-refractivity contribution in [1.29, 1.82) is 0 Å². The summed E-state index contributed by atoms with van der Waals surface area (Å²) in [7, 11) is 4.32. The Kier molecular flexibility index (Phi) is 8.01. The van der Waals surface area contributed by atoms with Crippen LogP contribution in [-0.4, -0.2) is 53.3 Å². The quantitative estimate of drug-likeness (QED) is 0.311. The number of H-pyrrole nitrogens is 1. The smallest absolute Gasteiger partial charge is 0.332 e. The van der Waals surface area contributed by atoms with Crippen molar-refractivity contribution >= 4 is 28.7 Å². The molecular formula is C25H25ClFN5O6. The van der Waals surface area contributed by atoms with E-state index in [1.807, 2.05) is 6.92 Å². The zero-order valence-electron chi connectivity index (χ0n) is 21.1. The van der Waals surface area contributed by atoms with Gasteiger partial charge in [-0.1, -0.05) is 24.6 Å². The number of imidazole rings is 1. The summed E-state index contributed by atoms with van der Waals surface area (Å²) in [4.78, 5) is 36.3. The number of ether oxygens (including phenoxy) is 4. The number of nitrogens with one attached hydrogen (secondary N) is 2. The van der Waals surface area contributed by atoms with Crippen LogP contribution in [0.2, 0.25) is 5.02 Å². The monoisotopic (exact) mass is 545 g/mol. The second-order valence-corrected chi connectivity index (χ2v) is 8.30. The number of methoxy groups -OCH3 is 2. The Balaban J connectivity index is 1.85. The van der Waals surface area contributed by atoms with E-state index in [2.05, 4.69) is 20.3 Å². The molecular weight excluding hydrogens is 521 g/mol. The number of fused-ring (bicyclic) bond motifs is 1. The van der Waals surface area contributed by atoms with Crippen LogP contribution in [0.25, 0.3) is 16.9 Å². The van der Waals surface area contributed by atoms with E-state index in [0.717, 1.165) is 0 Å². The fraction of sp³-hybridized carbons (Fsp3) is 0.280. The standard InChI is InChI=1S/C25H25ClFN5O6/c1-5-20-29-23-22(24(30-20)36-4)31-25(34)32(23)16-10-19(18(9-14(16)26)38-12-21(33)28-2)37-11-13-15(27)7-6-8-17(13)35-3/h6-10H,5,11-12H2,1-4H3,(H,28,33)(H,31,34). The largest absolute Gasteiger partial charge is 0.496 e. The van der Waals surface area contributed by atoms with Crippen molar-refractivity contribution in [2.75, 3.05) is 27.9 Å². The molecule has 38 heavy (non-hydrogen) atoms. The van der Waals surface area contributed by atoms with Gasteiger partial charge in [0, 0.05) is 25.6 Å². The summed E-state index contributed by atoms with van der Waals surface area (Å²) in [5.74, 6) is 0.212. The summed E-state index contributed by atoms with van der Waals surface area (Å²) in [6, 6.07) is 7.24. The van der Waals surface area contributed by atoms with Crippen molar-refractivity contribution in [1.82, 2.24) is 24.8 Å². The number of aromatic amines is 1. The van der Waals surface area contributed by atoms with Crippen molar-refractivity contribution in [3.63, 3.8) is 0 Å². The Labute approximate surface area is 221 Å². The fourth-order valence-electron chi connectivity index (χ4n) is 3.69. The number of aryl methyl sites for hydroxylation is 1. The SMILES string of the molecule is CCc1nc(OC)c2[nH]c(=O)n(-c3cc(OCc4c(F)cccc4OC)c(OCC(=O)NC)cc3Cl)c2n1. The van der Waals surface area contributed by atoms with Crippen molar-refractivity contribution in [3.05, 3.63) is 63.0 Å². The van der Waals surface area contributed by atoms with Crippen molar-refractivity contribution in [3.8, 4) is 28.8 Å². The van der Waals surface area contributed by atoms with E-state index in [1.165, 1.54) is 50.1 Å². The van der Waals surface area contributed by atoms with Gasteiger partial charge in [0.2, 0.25) is 5.88 Å². The second-order valence-electron chi connectivity index (χ2n) is 7.89. The van der Waals surface area contributed by atoms with Gasteiger partial charge in [-0.25, -0.2) is 18.7 Å². The number of rotatable bonds is 10. The summed E-state index contributed by atoms with van der Waals surface area (Å²) < 4.78 is 37.9. The molecule has 0 aliphatic rings.